The van der Waals surface area contributed by atoms with Crippen LogP contribution in [0, 0.1) is 0 Å². The molecule has 2 aliphatic rings. The molecule has 29 heavy (non-hydrogen) atoms. The molecule has 1 fully saturated rings. The molecule has 3 heterocycles. The van der Waals surface area contributed by atoms with Crippen LogP contribution in [0.25, 0.3) is 22.2 Å². The van der Waals surface area contributed by atoms with Crippen LogP contribution in [-0.4, -0.2) is 54.3 Å². The number of piperazine rings is 1. The predicted molar refractivity (Wildman–Crippen MR) is 116 cm³/mol. The standard InChI is InChI=1S/C23H24ClN3O2/c1-15-12-27(8-7-26(15)2)13-18-9-17-10-21-22(29-14-28-21)11-20(17)25-23(18)16-3-5-19(24)6-4-16/h3-6,9-11,15H,7-8,12-14H2,1-2H3. The molecule has 150 valence electrons. The lowest BCUT2D eigenvalue weighted by Gasteiger charge is -2.37. The second kappa shape index (κ2) is 7.48. The summed E-state index contributed by atoms with van der Waals surface area (Å²) in [6.45, 7) is 6.60. The smallest absolute Gasteiger partial charge is 0.231 e. The van der Waals surface area contributed by atoms with Crippen LogP contribution in [0.4, 0.5) is 0 Å². The molecule has 1 saturated heterocycles. The number of benzene rings is 2. The van der Waals surface area contributed by atoms with E-state index in [0.717, 1.165) is 64.9 Å². The second-order valence-electron chi connectivity index (χ2n) is 7.97. The summed E-state index contributed by atoms with van der Waals surface area (Å²) in [5.74, 6) is 1.55. The van der Waals surface area contributed by atoms with E-state index in [9.17, 15) is 0 Å². The first kappa shape index (κ1) is 18.7. The van der Waals surface area contributed by atoms with Gasteiger partial charge in [0, 0.05) is 54.3 Å². The van der Waals surface area contributed by atoms with Gasteiger partial charge in [-0.1, -0.05) is 23.7 Å². The van der Waals surface area contributed by atoms with Gasteiger partial charge in [-0.25, -0.2) is 4.98 Å². The molecule has 0 radical (unpaired) electrons. The number of ether oxygens (including phenoxy) is 2. The van der Waals surface area contributed by atoms with Gasteiger partial charge in [0.1, 0.15) is 0 Å². The Labute approximate surface area is 175 Å². The molecule has 0 amide bonds. The summed E-state index contributed by atoms with van der Waals surface area (Å²) in [4.78, 5) is 9.96. The van der Waals surface area contributed by atoms with E-state index in [1.807, 2.05) is 36.4 Å². The third-order valence-electron chi connectivity index (χ3n) is 5.94. The van der Waals surface area contributed by atoms with E-state index in [4.69, 9.17) is 26.1 Å². The summed E-state index contributed by atoms with van der Waals surface area (Å²) in [5, 5.41) is 1.80. The summed E-state index contributed by atoms with van der Waals surface area (Å²) in [5.41, 5.74) is 4.20. The van der Waals surface area contributed by atoms with Crippen molar-refractivity contribution in [3.63, 3.8) is 0 Å². The van der Waals surface area contributed by atoms with Crippen LogP contribution in [-0.2, 0) is 6.54 Å². The molecular weight excluding hydrogens is 386 g/mol. The zero-order valence-electron chi connectivity index (χ0n) is 16.7. The highest BCUT2D eigenvalue weighted by Crippen LogP contribution is 2.37. The minimum atomic E-state index is 0.266. The molecule has 2 aliphatic heterocycles. The maximum Gasteiger partial charge on any atom is 0.231 e. The molecule has 0 spiro atoms. The monoisotopic (exact) mass is 409 g/mol. The molecule has 0 bridgehead atoms. The second-order valence-corrected chi connectivity index (χ2v) is 8.40. The number of aromatic nitrogens is 1. The lowest BCUT2D eigenvalue weighted by atomic mass is 10.0. The minimum absolute atomic E-state index is 0.266. The summed E-state index contributed by atoms with van der Waals surface area (Å²) in [6, 6.07) is 14.7. The number of fused-ring (bicyclic) bond motifs is 2. The van der Waals surface area contributed by atoms with Crippen LogP contribution in [0.3, 0.4) is 0 Å². The first-order valence-electron chi connectivity index (χ1n) is 9.98. The van der Waals surface area contributed by atoms with Crippen molar-refractivity contribution >= 4 is 22.5 Å². The molecule has 1 atom stereocenters. The van der Waals surface area contributed by atoms with Crippen molar-refractivity contribution < 1.29 is 9.47 Å². The Morgan fingerprint density at radius 3 is 2.59 bits per heavy atom. The summed E-state index contributed by atoms with van der Waals surface area (Å²) in [6.07, 6.45) is 0. The van der Waals surface area contributed by atoms with Gasteiger partial charge in [-0.15, -0.1) is 0 Å². The predicted octanol–water partition coefficient (Wildman–Crippen LogP) is 4.42. The van der Waals surface area contributed by atoms with Gasteiger partial charge in [0.2, 0.25) is 6.79 Å². The number of hydrogen-bond acceptors (Lipinski definition) is 5. The third-order valence-corrected chi connectivity index (χ3v) is 6.20. The van der Waals surface area contributed by atoms with Gasteiger partial charge in [0.05, 0.1) is 11.2 Å². The highest BCUT2D eigenvalue weighted by molar-refractivity contribution is 6.30. The van der Waals surface area contributed by atoms with Gasteiger partial charge in [-0.3, -0.25) is 4.90 Å². The summed E-state index contributed by atoms with van der Waals surface area (Å²) < 4.78 is 11.1. The summed E-state index contributed by atoms with van der Waals surface area (Å²) >= 11 is 6.12. The molecule has 2 aromatic carbocycles. The molecule has 3 aromatic rings. The maximum absolute atomic E-state index is 6.12. The number of nitrogens with zero attached hydrogens (tertiary/aromatic N) is 3. The Bertz CT molecular complexity index is 1050. The Morgan fingerprint density at radius 1 is 1.07 bits per heavy atom. The SMILES string of the molecule is CC1CN(Cc2cc3cc4c(cc3nc2-c2ccc(Cl)cc2)OCO4)CCN1C. The van der Waals surface area contributed by atoms with Crippen LogP contribution >= 0.6 is 11.6 Å². The Balaban J connectivity index is 1.58. The van der Waals surface area contributed by atoms with Crippen molar-refractivity contribution in [1.82, 2.24) is 14.8 Å². The lowest BCUT2D eigenvalue weighted by molar-refractivity contribution is 0.100. The van der Waals surface area contributed by atoms with Gasteiger partial charge >= 0.3 is 0 Å². The van der Waals surface area contributed by atoms with E-state index in [1.54, 1.807) is 0 Å². The van der Waals surface area contributed by atoms with E-state index in [-0.39, 0.29) is 6.79 Å². The van der Waals surface area contributed by atoms with Crippen molar-refractivity contribution in [3.8, 4) is 22.8 Å². The normalized spacial score (nSPS) is 19.8. The summed E-state index contributed by atoms with van der Waals surface area (Å²) in [7, 11) is 2.20. The number of likely N-dealkylation sites (N-methyl/N-ethyl adjacent to an activating group) is 1. The average Bonchev–Trinajstić information content (AvgIpc) is 3.16. The molecule has 5 rings (SSSR count). The fraction of sp³-hybridized carbons (Fsp3) is 0.348. The van der Waals surface area contributed by atoms with E-state index >= 15 is 0 Å². The Kier molecular flexibility index (Phi) is 4.82. The molecule has 0 aliphatic carbocycles. The van der Waals surface area contributed by atoms with Crippen molar-refractivity contribution in [2.75, 3.05) is 33.5 Å². The van der Waals surface area contributed by atoms with Crippen molar-refractivity contribution in [2.24, 2.45) is 0 Å². The zero-order chi connectivity index (χ0) is 20.0. The van der Waals surface area contributed by atoms with E-state index in [2.05, 4.69) is 29.8 Å². The molecule has 6 heteroatoms. The van der Waals surface area contributed by atoms with Gasteiger partial charge in [0.15, 0.2) is 11.5 Å². The fourth-order valence-corrected chi connectivity index (χ4v) is 4.22. The quantitative estimate of drug-likeness (QED) is 0.640. The topological polar surface area (TPSA) is 37.8 Å². The van der Waals surface area contributed by atoms with Crippen LogP contribution in [0.2, 0.25) is 5.02 Å². The first-order chi connectivity index (χ1) is 14.1. The van der Waals surface area contributed by atoms with E-state index in [0.29, 0.717) is 6.04 Å². The van der Waals surface area contributed by atoms with E-state index < -0.39 is 0 Å². The molecule has 0 saturated carbocycles. The Morgan fingerprint density at radius 2 is 1.83 bits per heavy atom. The molecule has 1 aromatic heterocycles. The number of pyridine rings is 1. The average molecular weight is 410 g/mol. The Hall–Kier alpha value is -2.34. The molecular formula is C23H24ClN3O2. The van der Waals surface area contributed by atoms with Crippen LogP contribution < -0.4 is 9.47 Å². The number of rotatable bonds is 3. The van der Waals surface area contributed by atoms with Gasteiger partial charge in [-0.2, -0.15) is 0 Å². The van der Waals surface area contributed by atoms with Crippen LogP contribution in [0.5, 0.6) is 11.5 Å². The minimum Gasteiger partial charge on any atom is -0.454 e. The van der Waals surface area contributed by atoms with Gasteiger partial charge in [0.25, 0.3) is 0 Å². The van der Waals surface area contributed by atoms with Crippen molar-refractivity contribution in [1.29, 1.82) is 0 Å². The van der Waals surface area contributed by atoms with Crippen molar-refractivity contribution in [3.05, 3.63) is 53.1 Å². The maximum atomic E-state index is 6.12. The number of halogens is 1. The van der Waals surface area contributed by atoms with Crippen LogP contribution in [0.15, 0.2) is 42.5 Å². The van der Waals surface area contributed by atoms with Crippen LogP contribution in [0.1, 0.15) is 12.5 Å². The van der Waals surface area contributed by atoms with Gasteiger partial charge < -0.3 is 14.4 Å². The first-order valence-corrected chi connectivity index (χ1v) is 10.4. The van der Waals surface area contributed by atoms with Crippen molar-refractivity contribution in [2.45, 2.75) is 19.5 Å². The highest BCUT2D eigenvalue weighted by atomic mass is 35.5. The van der Waals surface area contributed by atoms with E-state index in [1.165, 1.54) is 5.56 Å². The molecule has 1 unspecified atom stereocenters. The zero-order valence-corrected chi connectivity index (χ0v) is 17.4. The van der Waals surface area contributed by atoms with Gasteiger partial charge in [-0.05, 0) is 43.8 Å². The highest BCUT2D eigenvalue weighted by Gasteiger charge is 2.23. The number of hydrogen-bond donors (Lipinski definition) is 0. The molecule has 5 nitrogen and oxygen atoms in total. The lowest BCUT2D eigenvalue weighted by Crippen LogP contribution is -2.49. The molecule has 0 N–H and O–H groups in total. The third kappa shape index (κ3) is 3.66. The largest absolute Gasteiger partial charge is 0.454 e. The fourth-order valence-electron chi connectivity index (χ4n) is 4.09.